The molecule has 0 aliphatic carbocycles. The van der Waals surface area contributed by atoms with Crippen molar-refractivity contribution in [3.63, 3.8) is 0 Å². The summed E-state index contributed by atoms with van der Waals surface area (Å²) in [4.78, 5) is 11.2. The minimum absolute atomic E-state index is 0.00248. The molecule has 1 aliphatic rings. The van der Waals surface area contributed by atoms with Gasteiger partial charge in [-0.25, -0.2) is 13.2 Å². The molecule has 0 unspecified atom stereocenters. The molecule has 5 nitrogen and oxygen atoms in total. The molecule has 0 saturated carbocycles. The van der Waals surface area contributed by atoms with E-state index >= 15 is 0 Å². The molecule has 1 aliphatic heterocycles. The first-order valence-corrected chi connectivity index (χ1v) is 8.26. The number of carbonyl (C=O) groups is 1. The second-order valence-electron chi connectivity index (χ2n) is 4.51. The van der Waals surface area contributed by atoms with Gasteiger partial charge in [0, 0.05) is 17.6 Å². The van der Waals surface area contributed by atoms with Crippen LogP contribution in [0.3, 0.4) is 0 Å². The fourth-order valence-corrected chi connectivity index (χ4v) is 4.08. The monoisotopic (exact) mass is 359 g/mol. The van der Waals surface area contributed by atoms with E-state index in [-0.39, 0.29) is 10.5 Å². The van der Waals surface area contributed by atoms with E-state index in [1.54, 1.807) is 13.0 Å². The summed E-state index contributed by atoms with van der Waals surface area (Å²) < 4.78 is 26.8. The summed E-state index contributed by atoms with van der Waals surface area (Å²) >= 11 is 3.22. The van der Waals surface area contributed by atoms with Crippen LogP contribution in [0.4, 0.5) is 0 Å². The average molecular weight is 360 g/mol. The Balaban J connectivity index is 2.52. The van der Waals surface area contributed by atoms with Gasteiger partial charge in [-0.1, -0.05) is 28.1 Å². The summed E-state index contributed by atoms with van der Waals surface area (Å²) in [6, 6.07) is 2.67. The standard InChI is InChI=1S/C13H14BrNO4S/c1-9-11(13(16)17)7-10(8-12(9)14)20(18,19)15-5-3-2-4-6-15/h2-3,7-8H,4-6H2,1H3,(H,16,17). The first kappa shape index (κ1) is 15.2. The van der Waals surface area contributed by atoms with Crippen LogP contribution in [-0.2, 0) is 10.0 Å². The van der Waals surface area contributed by atoms with Crippen LogP contribution >= 0.6 is 15.9 Å². The van der Waals surface area contributed by atoms with Crippen LogP contribution in [-0.4, -0.2) is 36.9 Å². The Labute approximate surface area is 126 Å². The number of sulfonamides is 1. The quantitative estimate of drug-likeness (QED) is 0.840. The summed E-state index contributed by atoms with van der Waals surface area (Å²) in [7, 11) is -3.67. The molecule has 0 bridgehead atoms. The molecule has 0 fully saturated rings. The minimum Gasteiger partial charge on any atom is -0.478 e. The third-order valence-corrected chi connectivity index (χ3v) is 5.87. The Morgan fingerprint density at radius 1 is 1.35 bits per heavy atom. The third kappa shape index (κ3) is 2.79. The largest absolute Gasteiger partial charge is 0.478 e. The topological polar surface area (TPSA) is 74.7 Å². The van der Waals surface area contributed by atoms with Gasteiger partial charge < -0.3 is 5.11 Å². The van der Waals surface area contributed by atoms with Gasteiger partial charge in [-0.15, -0.1) is 0 Å². The highest BCUT2D eigenvalue weighted by molar-refractivity contribution is 9.10. The molecule has 1 aromatic carbocycles. The smallest absolute Gasteiger partial charge is 0.336 e. The summed E-state index contributed by atoms with van der Waals surface area (Å²) in [6.45, 7) is 2.36. The van der Waals surface area contributed by atoms with E-state index in [1.807, 2.05) is 6.08 Å². The van der Waals surface area contributed by atoms with E-state index in [9.17, 15) is 13.2 Å². The number of halogens is 1. The molecule has 0 radical (unpaired) electrons. The van der Waals surface area contributed by atoms with Crippen molar-refractivity contribution in [2.24, 2.45) is 0 Å². The normalized spacial score (nSPS) is 16.3. The lowest BCUT2D eigenvalue weighted by molar-refractivity contribution is 0.0695. The zero-order valence-electron chi connectivity index (χ0n) is 10.8. The molecule has 0 atom stereocenters. The number of carboxylic acids is 1. The first-order valence-electron chi connectivity index (χ1n) is 6.02. The molecule has 1 heterocycles. The Morgan fingerprint density at radius 2 is 2.05 bits per heavy atom. The maximum atomic E-state index is 12.5. The highest BCUT2D eigenvalue weighted by atomic mass is 79.9. The maximum Gasteiger partial charge on any atom is 0.336 e. The predicted octanol–water partition coefficient (Wildman–Crippen LogP) is 2.41. The van der Waals surface area contributed by atoms with Crippen LogP contribution in [0.5, 0.6) is 0 Å². The molecule has 0 saturated heterocycles. The van der Waals surface area contributed by atoms with Crippen molar-refractivity contribution in [2.75, 3.05) is 13.1 Å². The fraction of sp³-hybridized carbons (Fsp3) is 0.308. The fourth-order valence-electron chi connectivity index (χ4n) is 2.01. The van der Waals surface area contributed by atoms with E-state index < -0.39 is 16.0 Å². The number of aromatic carboxylic acids is 1. The summed E-state index contributed by atoms with van der Waals surface area (Å²) in [5.74, 6) is -1.14. The SMILES string of the molecule is Cc1c(Br)cc(S(=O)(=O)N2CC=CCC2)cc1C(=O)O. The van der Waals surface area contributed by atoms with Crippen LogP contribution in [0, 0.1) is 6.92 Å². The van der Waals surface area contributed by atoms with E-state index in [4.69, 9.17) is 5.11 Å². The van der Waals surface area contributed by atoms with Gasteiger partial charge in [-0.2, -0.15) is 4.31 Å². The molecule has 0 aromatic heterocycles. The molecular weight excluding hydrogens is 346 g/mol. The summed E-state index contributed by atoms with van der Waals surface area (Å²) in [6.07, 6.45) is 4.39. The number of carboxylic acid groups (broad SMARTS) is 1. The van der Waals surface area contributed by atoms with Crippen molar-refractivity contribution in [2.45, 2.75) is 18.2 Å². The number of hydrogen-bond donors (Lipinski definition) is 1. The Bertz CT molecular complexity index is 682. The second kappa shape index (κ2) is 5.67. The highest BCUT2D eigenvalue weighted by Gasteiger charge is 2.26. The zero-order valence-corrected chi connectivity index (χ0v) is 13.2. The molecule has 0 spiro atoms. The van der Waals surface area contributed by atoms with Gasteiger partial charge in [0.25, 0.3) is 0 Å². The van der Waals surface area contributed by atoms with Crippen LogP contribution in [0.2, 0.25) is 0 Å². The summed E-state index contributed by atoms with van der Waals surface area (Å²) in [5.41, 5.74) is 0.500. The molecular formula is C13H14BrNO4S. The third-order valence-electron chi connectivity index (χ3n) is 3.21. The van der Waals surface area contributed by atoms with Gasteiger partial charge in [0.15, 0.2) is 0 Å². The van der Waals surface area contributed by atoms with Crippen molar-refractivity contribution < 1.29 is 18.3 Å². The first-order chi connectivity index (χ1) is 9.34. The lowest BCUT2D eigenvalue weighted by atomic mass is 10.1. The van der Waals surface area contributed by atoms with Gasteiger partial charge in [-0.05, 0) is 31.0 Å². The highest BCUT2D eigenvalue weighted by Crippen LogP contribution is 2.27. The molecule has 20 heavy (non-hydrogen) atoms. The predicted molar refractivity (Wildman–Crippen MR) is 78.4 cm³/mol. The number of nitrogens with zero attached hydrogens (tertiary/aromatic N) is 1. The Hall–Kier alpha value is -1.18. The Morgan fingerprint density at radius 3 is 2.60 bits per heavy atom. The zero-order chi connectivity index (χ0) is 14.9. The maximum absolute atomic E-state index is 12.5. The minimum atomic E-state index is -3.67. The van der Waals surface area contributed by atoms with E-state index in [2.05, 4.69) is 15.9 Å². The lowest BCUT2D eigenvalue weighted by Crippen LogP contribution is -2.34. The number of hydrogen-bond acceptors (Lipinski definition) is 3. The van der Waals surface area contributed by atoms with Gasteiger partial charge in [0.05, 0.1) is 10.5 Å². The van der Waals surface area contributed by atoms with Crippen molar-refractivity contribution >= 4 is 31.9 Å². The molecule has 108 valence electrons. The van der Waals surface area contributed by atoms with Crippen LogP contribution in [0.15, 0.2) is 33.7 Å². The van der Waals surface area contributed by atoms with Crippen molar-refractivity contribution in [3.8, 4) is 0 Å². The van der Waals surface area contributed by atoms with Crippen molar-refractivity contribution in [1.29, 1.82) is 0 Å². The van der Waals surface area contributed by atoms with Gasteiger partial charge in [-0.3, -0.25) is 0 Å². The molecule has 2 rings (SSSR count). The van der Waals surface area contributed by atoms with Crippen LogP contribution in [0.1, 0.15) is 22.3 Å². The van der Waals surface area contributed by atoms with Crippen LogP contribution in [0.25, 0.3) is 0 Å². The second-order valence-corrected chi connectivity index (χ2v) is 7.30. The summed E-state index contributed by atoms with van der Waals surface area (Å²) in [5, 5.41) is 9.15. The van der Waals surface area contributed by atoms with E-state index in [1.165, 1.54) is 16.4 Å². The van der Waals surface area contributed by atoms with E-state index in [0.29, 0.717) is 29.5 Å². The van der Waals surface area contributed by atoms with E-state index in [0.717, 1.165) is 0 Å². The molecule has 0 amide bonds. The molecule has 1 N–H and O–H groups in total. The van der Waals surface area contributed by atoms with Crippen molar-refractivity contribution in [1.82, 2.24) is 4.31 Å². The van der Waals surface area contributed by atoms with Gasteiger partial charge >= 0.3 is 5.97 Å². The average Bonchev–Trinajstić information content (AvgIpc) is 2.42. The molecule has 7 heteroatoms. The van der Waals surface area contributed by atoms with Crippen molar-refractivity contribution in [3.05, 3.63) is 39.9 Å². The van der Waals surface area contributed by atoms with Crippen LogP contribution < -0.4 is 0 Å². The number of benzene rings is 1. The van der Waals surface area contributed by atoms with Gasteiger partial charge in [0.2, 0.25) is 10.0 Å². The number of rotatable bonds is 3. The Kier molecular flexibility index (Phi) is 4.31. The molecule has 1 aromatic rings. The lowest BCUT2D eigenvalue weighted by Gasteiger charge is -2.23. The van der Waals surface area contributed by atoms with Gasteiger partial charge in [0.1, 0.15) is 0 Å².